The van der Waals surface area contributed by atoms with Crippen LogP contribution in [-0.2, 0) is 4.79 Å². The van der Waals surface area contributed by atoms with Crippen LogP contribution in [0.25, 0.3) is 11.4 Å². The van der Waals surface area contributed by atoms with Crippen LogP contribution in [0.5, 0.6) is 0 Å². The topological polar surface area (TPSA) is 61.9 Å². The van der Waals surface area contributed by atoms with E-state index in [1.807, 2.05) is 37.3 Å². The molecule has 134 valence electrons. The van der Waals surface area contributed by atoms with Gasteiger partial charge in [-0.05, 0) is 26.7 Å². The van der Waals surface area contributed by atoms with E-state index >= 15 is 0 Å². The second-order valence-electron chi connectivity index (χ2n) is 6.51. The summed E-state index contributed by atoms with van der Waals surface area (Å²) >= 11 is 1.43. The van der Waals surface area contributed by atoms with E-state index in [2.05, 4.69) is 27.0 Å². The van der Waals surface area contributed by atoms with Gasteiger partial charge in [-0.1, -0.05) is 61.4 Å². The van der Waals surface area contributed by atoms with Gasteiger partial charge in [-0.25, -0.2) is 4.98 Å². The number of carbonyl (C=O) groups excluding carboxylic acids is 1. The zero-order valence-electron chi connectivity index (χ0n) is 14.9. The van der Waals surface area contributed by atoms with Gasteiger partial charge in [0.1, 0.15) is 0 Å². The lowest BCUT2D eigenvalue weighted by molar-refractivity contribution is -0.133. The van der Waals surface area contributed by atoms with Crippen LogP contribution < -0.4 is 0 Å². The fraction of sp³-hybridized carbons (Fsp3) is 0.526. The first-order valence-corrected chi connectivity index (χ1v) is 10.0. The zero-order chi connectivity index (χ0) is 17.6. The number of aromatic nitrogens is 3. The Morgan fingerprint density at radius 1 is 1.28 bits per heavy atom. The van der Waals surface area contributed by atoms with E-state index in [4.69, 9.17) is 0 Å². The highest BCUT2D eigenvalue weighted by molar-refractivity contribution is 8.00. The molecular weight excluding hydrogens is 332 g/mol. The highest BCUT2D eigenvalue weighted by Crippen LogP contribution is 2.27. The number of carbonyl (C=O) groups is 1. The van der Waals surface area contributed by atoms with Gasteiger partial charge in [-0.3, -0.25) is 9.89 Å². The van der Waals surface area contributed by atoms with Gasteiger partial charge in [0.2, 0.25) is 11.1 Å². The maximum absolute atomic E-state index is 12.9. The minimum absolute atomic E-state index is 0.179. The molecule has 0 radical (unpaired) electrons. The number of hydrogen-bond acceptors (Lipinski definition) is 4. The normalized spacial score (nSPS) is 16.6. The second-order valence-corrected chi connectivity index (χ2v) is 7.82. The average molecular weight is 359 g/mol. The molecule has 3 rings (SSSR count). The van der Waals surface area contributed by atoms with Crippen molar-refractivity contribution in [3.63, 3.8) is 0 Å². The predicted octanol–water partition coefficient (Wildman–Crippen LogP) is 4.13. The zero-order valence-corrected chi connectivity index (χ0v) is 15.8. The third kappa shape index (κ3) is 4.42. The molecule has 1 N–H and O–H groups in total. The van der Waals surface area contributed by atoms with E-state index in [1.54, 1.807) is 0 Å². The number of rotatable bonds is 6. The first-order chi connectivity index (χ1) is 12.2. The maximum Gasteiger partial charge on any atom is 0.236 e. The Morgan fingerprint density at radius 2 is 2.00 bits per heavy atom. The smallest absolute Gasteiger partial charge is 0.236 e. The van der Waals surface area contributed by atoms with Crippen molar-refractivity contribution in [1.29, 1.82) is 0 Å². The third-order valence-electron chi connectivity index (χ3n) is 4.78. The number of aromatic amines is 1. The number of hydrogen-bond donors (Lipinski definition) is 1. The standard InChI is InChI=1S/C19H26N4OS/c1-3-23(16-12-8-5-9-13-16)18(24)14(2)25-19-20-17(21-22-19)15-10-6-4-7-11-15/h4,6-7,10-11,14,16H,3,5,8-9,12-13H2,1-2H3,(H,20,21,22)/t14-/m0/s1. The summed E-state index contributed by atoms with van der Waals surface area (Å²) < 4.78 is 0. The number of benzene rings is 1. The van der Waals surface area contributed by atoms with Crippen molar-refractivity contribution in [3.05, 3.63) is 30.3 Å². The van der Waals surface area contributed by atoms with Crippen LogP contribution in [0.15, 0.2) is 35.5 Å². The van der Waals surface area contributed by atoms with Crippen molar-refractivity contribution < 1.29 is 4.79 Å². The Labute approximate surface area is 153 Å². The molecule has 1 aromatic heterocycles. The van der Waals surface area contributed by atoms with Crippen LogP contribution in [-0.4, -0.2) is 43.8 Å². The molecule has 0 spiro atoms. The van der Waals surface area contributed by atoms with Crippen molar-refractivity contribution in [2.24, 2.45) is 0 Å². The molecular formula is C19H26N4OS. The Hall–Kier alpha value is -1.82. The van der Waals surface area contributed by atoms with Crippen molar-refractivity contribution in [3.8, 4) is 11.4 Å². The van der Waals surface area contributed by atoms with E-state index < -0.39 is 0 Å². The maximum atomic E-state index is 12.9. The first-order valence-electron chi connectivity index (χ1n) is 9.14. The van der Waals surface area contributed by atoms with E-state index in [9.17, 15) is 4.79 Å². The Kier molecular flexibility index (Phi) is 6.13. The molecule has 2 aromatic rings. The highest BCUT2D eigenvalue weighted by atomic mass is 32.2. The summed E-state index contributed by atoms with van der Waals surface area (Å²) in [4.78, 5) is 19.5. The predicted molar refractivity (Wildman–Crippen MR) is 101 cm³/mol. The SMILES string of the molecule is CCN(C(=O)[C@H](C)Sc1n[nH]c(-c2ccccc2)n1)C1CCCCC1. The van der Waals surface area contributed by atoms with Gasteiger partial charge in [-0.2, -0.15) is 0 Å². The molecule has 25 heavy (non-hydrogen) atoms. The number of nitrogens with one attached hydrogen (secondary N) is 1. The fourth-order valence-electron chi connectivity index (χ4n) is 3.45. The van der Waals surface area contributed by atoms with Gasteiger partial charge in [0.05, 0.1) is 5.25 Å². The molecule has 6 heteroatoms. The van der Waals surface area contributed by atoms with Crippen molar-refractivity contribution in [2.75, 3.05) is 6.54 Å². The molecule has 0 bridgehead atoms. The van der Waals surface area contributed by atoms with Crippen LogP contribution in [0.3, 0.4) is 0 Å². The monoisotopic (exact) mass is 358 g/mol. The van der Waals surface area contributed by atoms with Crippen molar-refractivity contribution in [2.45, 2.75) is 62.4 Å². The van der Waals surface area contributed by atoms with Gasteiger partial charge in [0.25, 0.3) is 0 Å². The minimum atomic E-state index is -0.179. The summed E-state index contributed by atoms with van der Waals surface area (Å²) in [6.45, 7) is 4.80. The molecule has 1 fully saturated rings. The first kappa shape index (κ1) is 18.0. The van der Waals surface area contributed by atoms with E-state index in [0.29, 0.717) is 11.2 Å². The van der Waals surface area contributed by atoms with Gasteiger partial charge in [-0.15, -0.1) is 5.10 Å². The summed E-state index contributed by atoms with van der Waals surface area (Å²) in [7, 11) is 0. The lowest BCUT2D eigenvalue weighted by atomic mass is 9.94. The highest BCUT2D eigenvalue weighted by Gasteiger charge is 2.28. The largest absolute Gasteiger partial charge is 0.339 e. The second kappa shape index (κ2) is 8.52. The van der Waals surface area contributed by atoms with Gasteiger partial charge in [0.15, 0.2) is 5.82 Å². The van der Waals surface area contributed by atoms with Gasteiger partial charge >= 0.3 is 0 Å². The molecule has 1 amide bonds. The van der Waals surface area contributed by atoms with E-state index in [-0.39, 0.29) is 11.2 Å². The average Bonchev–Trinajstić information content (AvgIpc) is 3.12. The quantitative estimate of drug-likeness (QED) is 0.789. The molecule has 1 heterocycles. The molecule has 1 aliphatic carbocycles. The molecule has 1 atom stereocenters. The molecule has 0 saturated heterocycles. The minimum Gasteiger partial charge on any atom is -0.339 e. The summed E-state index contributed by atoms with van der Waals surface area (Å²) in [5.41, 5.74) is 0.998. The van der Waals surface area contributed by atoms with Crippen LogP contribution in [0, 0.1) is 0 Å². The molecule has 0 aliphatic heterocycles. The van der Waals surface area contributed by atoms with Gasteiger partial charge < -0.3 is 4.90 Å². The van der Waals surface area contributed by atoms with Crippen LogP contribution in [0.1, 0.15) is 46.0 Å². The van der Waals surface area contributed by atoms with Crippen LogP contribution in [0.4, 0.5) is 0 Å². The van der Waals surface area contributed by atoms with Gasteiger partial charge in [0, 0.05) is 18.2 Å². The number of amides is 1. The Morgan fingerprint density at radius 3 is 2.68 bits per heavy atom. The van der Waals surface area contributed by atoms with Crippen LogP contribution >= 0.6 is 11.8 Å². The summed E-state index contributed by atoms with van der Waals surface area (Å²) in [5, 5.41) is 7.68. The van der Waals surface area contributed by atoms with Crippen molar-refractivity contribution >= 4 is 17.7 Å². The molecule has 1 saturated carbocycles. The van der Waals surface area contributed by atoms with E-state index in [1.165, 1.54) is 31.0 Å². The molecule has 1 aliphatic rings. The van der Waals surface area contributed by atoms with Crippen molar-refractivity contribution in [1.82, 2.24) is 20.1 Å². The lowest BCUT2D eigenvalue weighted by Crippen LogP contribution is -2.44. The number of H-pyrrole nitrogens is 1. The molecule has 0 unspecified atom stereocenters. The molecule has 1 aromatic carbocycles. The summed E-state index contributed by atoms with van der Waals surface area (Å²) in [5.74, 6) is 0.938. The third-order valence-corrected chi connectivity index (χ3v) is 5.73. The fourth-order valence-corrected chi connectivity index (χ4v) is 4.25. The Balaban J connectivity index is 1.64. The lowest BCUT2D eigenvalue weighted by Gasteiger charge is -2.35. The number of thioether (sulfide) groups is 1. The van der Waals surface area contributed by atoms with Crippen LogP contribution in [0.2, 0.25) is 0 Å². The Bertz CT molecular complexity index is 682. The molecule has 5 nitrogen and oxygen atoms in total. The summed E-state index contributed by atoms with van der Waals surface area (Å²) in [6.07, 6.45) is 6.03. The summed E-state index contributed by atoms with van der Waals surface area (Å²) in [6, 6.07) is 10.3. The van der Waals surface area contributed by atoms with E-state index in [0.717, 1.165) is 30.8 Å². The number of nitrogens with zero attached hydrogens (tertiary/aromatic N) is 3.